The Morgan fingerprint density at radius 1 is 1.17 bits per heavy atom. The van der Waals surface area contributed by atoms with Gasteiger partial charge in [-0.1, -0.05) is 23.6 Å². The fourth-order valence-corrected chi connectivity index (χ4v) is 1.88. The highest BCUT2D eigenvalue weighted by molar-refractivity contribution is 5.58. The average molecular weight is 245 g/mol. The molecule has 1 atom stereocenters. The first-order chi connectivity index (χ1) is 8.15. The third-order valence-electron chi connectivity index (χ3n) is 2.58. The molecule has 0 aliphatic rings. The van der Waals surface area contributed by atoms with Crippen LogP contribution in [0.3, 0.4) is 0 Å². The minimum Gasteiger partial charge on any atom is -0.380 e. The molecule has 18 heavy (non-hydrogen) atoms. The highest BCUT2D eigenvalue weighted by atomic mass is 16.3. The standard InChI is InChI=1S/C16H23NO/c1-7-10-16(6,18)13-11-12(2)8-9-14(13)17-15(3,4)5/h8-9,11,17-18H,1-6H3. The number of anilines is 1. The van der Waals surface area contributed by atoms with Gasteiger partial charge in [0.25, 0.3) is 0 Å². The second-order valence-corrected chi connectivity index (χ2v) is 5.87. The van der Waals surface area contributed by atoms with Crippen molar-refractivity contribution in [3.05, 3.63) is 29.3 Å². The van der Waals surface area contributed by atoms with Crippen molar-refractivity contribution in [3.8, 4) is 11.8 Å². The van der Waals surface area contributed by atoms with Crippen LogP contribution in [0, 0.1) is 18.8 Å². The summed E-state index contributed by atoms with van der Waals surface area (Å²) in [5, 5.41) is 13.9. The largest absolute Gasteiger partial charge is 0.380 e. The molecule has 0 amide bonds. The van der Waals surface area contributed by atoms with Gasteiger partial charge in [-0.3, -0.25) is 0 Å². The first kappa shape index (κ1) is 14.6. The molecule has 98 valence electrons. The molecular formula is C16H23NO. The molecule has 0 radical (unpaired) electrons. The van der Waals surface area contributed by atoms with E-state index in [1.54, 1.807) is 13.8 Å². The number of hydrogen-bond donors (Lipinski definition) is 2. The van der Waals surface area contributed by atoms with Crippen molar-refractivity contribution >= 4 is 5.69 Å². The van der Waals surface area contributed by atoms with E-state index in [-0.39, 0.29) is 5.54 Å². The molecule has 1 rings (SSSR count). The van der Waals surface area contributed by atoms with Gasteiger partial charge in [0.1, 0.15) is 5.60 Å². The summed E-state index contributed by atoms with van der Waals surface area (Å²) < 4.78 is 0. The highest BCUT2D eigenvalue weighted by Crippen LogP contribution is 2.30. The van der Waals surface area contributed by atoms with Crippen molar-refractivity contribution in [2.75, 3.05) is 5.32 Å². The third-order valence-corrected chi connectivity index (χ3v) is 2.58. The van der Waals surface area contributed by atoms with E-state index in [2.05, 4.69) is 37.9 Å². The second kappa shape index (κ2) is 5.04. The minimum atomic E-state index is -1.13. The lowest BCUT2D eigenvalue weighted by atomic mass is 9.92. The normalized spacial score (nSPS) is 14.4. The number of hydrogen-bond acceptors (Lipinski definition) is 2. The molecule has 1 aromatic rings. The third kappa shape index (κ3) is 3.78. The lowest BCUT2D eigenvalue weighted by Gasteiger charge is -2.28. The first-order valence-corrected chi connectivity index (χ1v) is 6.21. The van der Waals surface area contributed by atoms with E-state index in [0.29, 0.717) is 0 Å². The van der Waals surface area contributed by atoms with Crippen molar-refractivity contribution in [1.82, 2.24) is 0 Å². The zero-order chi connectivity index (χ0) is 14.0. The van der Waals surface area contributed by atoms with Crippen LogP contribution in [0.25, 0.3) is 0 Å². The smallest absolute Gasteiger partial charge is 0.150 e. The van der Waals surface area contributed by atoms with Crippen molar-refractivity contribution in [2.24, 2.45) is 0 Å². The Labute approximate surface area is 110 Å². The maximum absolute atomic E-state index is 10.5. The van der Waals surface area contributed by atoms with Gasteiger partial charge in [-0.15, -0.1) is 5.92 Å². The Balaban J connectivity index is 3.31. The van der Waals surface area contributed by atoms with Gasteiger partial charge in [0.05, 0.1) is 0 Å². The molecule has 0 bridgehead atoms. The van der Waals surface area contributed by atoms with Gasteiger partial charge in [0, 0.05) is 16.8 Å². The van der Waals surface area contributed by atoms with Crippen molar-refractivity contribution < 1.29 is 5.11 Å². The molecule has 0 spiro atoms. The predicted octanol–water partition coefficient (Wildman–Crippen LogP) is 3.44. The summed E-state index contributed by atoms with van der Waals surface area (Å²) in [7, 11) is 0. The average Bonchev–Trinajstić information content (AvgIpc) is 2.18. The van der Waals surface area contributed by atoms with Crippen LogP contribution in [-0.4, -0.2) is 10.6 Å². The fourth-order valence-electron chi connectivity index (χ4n) is 1.88. The lowest BCUT2D eigenvalue weighted by Crippen LogP contribution is -2.29. The Kier molecular flexibility index (Phi) is 4.09. The van der Waals surface area contributed by atoms with Crippen LogP contribution >= 0.6 is 0 Å². The zero-order valence-corrected chi connectivity index (χ0v) is 12.2. The summed E-state index contributed by atoms with van der Waals surface area (Å²) in [6.45, 7) is 11.8. The molecule has 0 aliphatic carbocycles. The van der Waals surface area contributed by atoms with Crippen LogP contribution in [0.1, 0.15) is 45.7 Å². The van der Waals surface area contributed by atoms with Gasteiger partial charge in [0.15, 0.2) is 0 Å². The minimum absolute atomic E-state index is 0.0558. The van der Waals surface area contributed by atoms with Crippen LogP contribution in [0.15, 0.2) is 18.2 Å². The number of benzene rings is 1. The van der Waals surface area contributed by atoms with E-state index in [9.17, 15) is 5.11 Å². The molecule has 0 saturated heterocycles. The van der Waals surface area contributed by atoms with Gasteiger partial charge in [-0.25, -0.2) is 0 Å². The van der Waals surface area contributed by atoms with Crippen LogP contribution in [0.4, 0.5) is 5.69 Å². The topological polar surface area (TPSA) is 32.3 Å². The lowest BCUT2D eigenvalue weighted by molar-refractivity contribution is 0.122. The van der Waals surface area contributed by atoms with Crippen LogP contribution in [0.5, 0.6) is 0 Å². The van der Waals surface area contributed by atoms with Gasteiger partial charge in [-0.05, 0) is 47.6 Å². The molecule has 0 aliphatic heterocycles. The van der Waals surface area contributed by atoms with E-state index >= 15 is 0 Å². The van der Waals surface area contributed by atoms with Crippen LogP contribution < -0.4 is 5.32 Å². The van der Waals surface area contributed by atoms with Crippen LogP contribution in [0.2, 0.25) is 0 Å². The van der Waals surface area contributed by atoms with Gasteiger partial charge in [-0.2, -0.15) is 0 Å². The van der Waals surface area contributed by atoms with Gasteiger partial charge >= 0.3 is 0 Å². The van der Waals surface area contributed by atoms with E-state index < -0.39 is 5.60 Å². The SMILES string of the molecule is CC#CC(C)(O)c1cc(C)ccc1NC(C)(C)C. The fraction of sp³-hybridized carbons (Fsp3) is 0.500. The molecule has 2 heteroatoms. The Morgan fingerprint density at radius 2 is 1.78 bits per heavy atom. The monoisotopic (exact) mass is 245 g/mol. The number of aryl methyl sites for hydroxylation is 1. The van der Waals surface area contributed by atoms with Gasteiger partial charge in [0.2, 0.25) is 0 Å². The summed E-state index contributed by atoms with van der Waals surface area (Å²) in [5.41, 5.74) is 1.68. The maximum atomic E-state index is 10.5. The summed E-state index contributed by atoms with van der Waals surface area (Å²) in [6, 6.07) is 6.02. The first-order valence-electron chi connectivity index (χ1n) is 6.21. The van der Waals surface area contributed by atoms with Crippen molar-refractivity contribution in [2.45, 2.75) is 52.7 Å². The Morgan fingerprint density at radius 3 is 2.28 bits per heavy atom. The Hall–Kier alpha value is -1.46. The van der Waals surface area contributed by atoms with E-state index in [1.807, 2.05) is 25.1 Å². The zero-order valence-electron chi connectivity index (χ0n) is 12.2. The quantitative estimate of drug-likeness (QED) is 0.782. The molecule has 1 unspecified atom stereocenters. The molecule has 2 nitrogen and oxygen atoms in total. The maximum Gasteiger partial charge on any atom is 0.150 e. The van der Waals surface area contributed by atoms with E-state index in [4.69, 9.17) is 0 Å². The molecular weight excluding hydrogens is 222 g/mol. The Bertz CT molecular complexity index is 484. The molecule has 0 fully saturated rings. The molecule has 0 aromatic heterocycles. The van der Waals surface area contributed by atoms with Crippen molar-refractivity contribution in [1.29, 1.82) is 0 Å². The second-order valence-electron chi connectivity index (χ2n) is 5.87. The van der Waals surface area contributed by atoms with E-state index in [0.717, 1.165) is 16.8 Å². The summed E-state index contributed by atoms with van der Waals surface area (Å²) in [6.07, 6.45) is 0. The summed E-state index contributed by atoms with van der Waals surface area (Å²) in [5.74, 6) is 5.65. The van der Waals surface area contributed by atoms with Crippen molar-refractivity contribution in [3.63, 3.8) is 0 Å². The number of rotatable bonds is 2. The van der Waals surface area contributed by atoms with Crippen LogP contribution in [-0.2, 0) is 5.60 Å². The highest BCUT2D eigenvalue weighted by Gasteiger charge is 2.25. The van der Waals surface area contributed by atoms with Gasteiger partial charge < -0.3 is 10.4 Å². The molecule has 2 N–H and O–H groups in total. The number of nitrogens with one attached hydrogen (secondary N) is 1. The molecule has 0 saturated carbocycles. The summed E-state index contributed by atoms with van der Waals surface area (Å²) >= 11 is 0. The van der Waals surface area contributed by atoms with E-state index in [1.165, 1.54) is 0 Å². The molecule has 1 aromatic carbocycles. The number of aliphatic hydroxyl groups is 1. The summed E-state index contributed by atoms with van der Waals surface area (Å²) in [4.78, 5) is 0. The predicted molar refractivity (Wildman–Crippen MR) is 77.6 cm³/mol. The molecule has 0 heterocycles.